The van der Waals surface area contributed by atoms with E-state index in [0.29, 0.717) is 49.6 Å². The second-order valence-electron chi connectivity index (χ2n) is 9.98. The second-order valence-corrected chi connectivity index (χ2v) is 9.98. The van der Waals surface area contributed by atoms with Gasteiger partial charge in [0.1, 0.15) is 17.1 Å². The molecule has 9 heteroatoms. The molecule has 1 aromatic carbocycles. The summed E-state index contributed by atoms with van der Waals surface area (Å²) in [5, 5.41) is 1.38. The van der Waals surface area contributed by atoms with E-state index >= 15 is 0 Å². The summed E-state index contributed by atoms with van der Waals surface area (Å²) in [5.74, 6) is 1.41. The van der Waals surface area contributed by atoms with Gasteiger partial charge in [-0.2, -0.15) is 0 Å². The van der Waals surface area contributed by atoms with Gasteiger partial charge in [0.15, 0.2) is 0 Å². The molecular formula is C27H34N4O5. The first kappa shape index (κ1) is 25.5. The molecule has 1 saturated heterocycles. The number of piperazine rings is 1. The van der Waals surface area contributed by atoms with Gasteiger partial charge in [0, 0.05) is 63.9 Å². The molecule has 3 heterocycles. The van der Waals surface area contributed by atoms with E-state index in [9.17, 15) is 9.59 Å². The molecule has 9 nitrogen and oxygen atoms in total. The first-order valence-electron chi connectivity index (χ1n) is 12.0. The van der Waals surface area contributed by atoms with Gasteiger partial charge in [-0.1, -0.05) is 0 Å². The molecule has 0 unspecified atom stereocenters. The van der Waals surface area contributed by atoms with Crippen molar-refractivity contribution in [3.8, 4) is 22.6 Å². The number of nitrogens with zero attached hydrogens (tertiary/aromatic N) is 4. The molecule has 0 bridgehead atoms. The van der Waals surface area contributed by atoms with Gasteiger partial charge in [-0.15, -0.1) is 0 Å². The van der Waals surface area contributed by atoms with Crippen LogP contribution < -0.4 is 15.0 Å². The van der Waals surface area contributed by atoms with Crippen molar-refractivity contribution in [2.45, 2.75) is 32.9 Å². The van der Waals surface area contributed by atoms with E-state index in [-0.39, 0.29) is 11.7 Å². The molecule has 1 aliphatic rings. The Morgan fingerprint density at radius 2 is 1.67 bits per heavy atom. The second kappa shape index (κ2) is 10.2. The number of aromatic nitrogens is 2. The molecular weight excluding hydrogens is 460 g/mol. The molecule has 0 atom stereocenters. The van der Waals surface area contributed by atoms with Crippen molar-refractivity contribution in [3.63, 3.8) is 0 Å². The lowest BCUT2D eigenvalue weighted by Crippen LogP contribution is -2.49. The Labute approximate surface area is 211 Å². The highest BCUT2D eigenvalue weighted by Gasteiger charge is 2.27. The zero-order valence-corrected chi connectivity index (χ0v) is 21.8. The van der Waals surface area contributed by atoms with Crippen molar-refractivity contribution >= 4 is 16.9 Å². The fourth-order valence-electron chi connectivity index (χ4n) is 4.48. The smallest absolute Gasteiger partial charge is 0.410 e. The van der Waals surface area contributed by atoms with Crippen LogP contribution in [-0.2, 0) is 18.3 Å². The van der Waals surface area contributed by atoms with Crippen LogP contribution in [0.3, 0.4) is 0 Å². The van der Waals surface area contributed by atoms with Crippen molar-refractivity contribution in [1.82, 2.24) is 19.4 Å². The largest absolute Gasteiger partial charge is 0.496 e. The zero-order chi connectivity index (χ0) is 26.0. The molecule has 0 saturated carbocycles. The van der Waals surface area contributed by atoms with Crippen LogP contribution in [0.15, 0.2) is 41.6 Å². The molecule has 36 heavy (non-hydrogen) atoms. The van der Waals surface area contributed by atoms with Crippen LogP contribution in [0.5, 0.6) is 11.5 Å². The van der Waals surface area contributed by atoms with E-state index in [4.69, 9.17) is 14.2 Å². The predicted molar refractivity (Wildman–Crippen MR) is 139 cm³/mol. The Hall–Kier alpha value is -3.59. The maximum atomic E-state index is 12.6. The average molecular weight is 495 g/mol. The molecule has 1 fully saturated rings. The Kier molecular flexibility index (Phi) is 7.21. The number of benzene rings is 1. The van der Waals surface area contributed by atoms with Gasteiger partial charge in [0.25, 0.3) is 5.56 Å². The van der Waals surface area contributed by atoms with E-state index in [1.54, 1.807) is 43.1 Å². The molecule has 192 valence electrons. The van der Waals surface area contributed by atoms with Crippen LogP contribution in [0.1, 0.15) is 26.3 Å². The number of amides is 1. The maximum absolute atomic E-state index is 12.6. The molecule has 0 spiro atoms. The topological polar surface area (TPSA) is 86.1 Å². The van der Waals surface area contributed by atoms with Gasteiger partial charge >= 0.3 is 6.09 Å². The lowest BCUT2D eigenvalue weighted by atomic mass is 9.99. The minimum Gasteiger partial charge on any atom is -0.496 e. The average Bonchev–Trinajstić information content (AvgIpc) is 2.85. The van der Waals surface area contributed by atoms with Gasteiger partial charge in [0.05, 0.1) is 25.2 Å². The Balaban J connectivity index is 1.60. The highest BCUT2D eigenvalue weighted by atomic mass is 16.6. The van der Waals surface area contributed by atoms with Gasteiger partial charge in [-0.25, -0.2) is 4.79 Å². The molecule has 3 aromatic rings. The Bertz CT molecular complexity index is 1290. The fourth-order valence-corrected chi connectivity index (χ4v) is 4.48. The summed E-state index contributed by atoms with van der Waals surface area (Å²) in [7, 11) is 5.02. The van der Waals surface area contributed by atoms with Crippen LogP contribution in [0.25, 0.3) is 21.9 Å². The van der Waals surface area contributed by atoms with Crippen LogP contribution in [0, 0.1) is 0 Å². The van der Waals surface area contributed by atoms with Gasteiger partial charge < -0.3 is 23.7 Å². The summed E-state index contributed by atoms with van der Waals surface area (Å²) in [6.45, 7) is 8.85. The molecule has 2 aromatic heterocycles. The quantitative estimate of drug-likeness (QED) is 0.535. The van der Waals surface area contributed by atoms with E-state index in [0.717, 1.165) is 22.1 Å². The molecule has 0 N–H and O–H groups in total. The SMILES string of the molecule is COc1cc(-c2cn(C)c(=O)c3cnccc23)cc(OC)c1CN1CCN(C(=O)OC(C)(C)C)CC1. The fraction of sp³-hybridized carbons (Fsp3) is 0.444. The molecule has 0 aliphatic carbocycles. The Morgan fingerprint density at radius 3 is 2.25 bits per heavy atom. The number of hydrogen-bond acceptors (Lipinski definition) is 7. The predicted octanol–water partition coefficient (Wildman–Crippen LogP) is 3.67. The van der Waals surface area contributed by atoms with Crippen LogP contribution in [-0.4, -0.2) is 71.4 Å². The van der Waals surface area contributed by atoms with E-state index in [2.05, 4.69) is 9.88 Å². The molecule has 4 rings (SSSR count). The summed E-state index contributed by atoms with van der Waals surface area (Å²) in [6, 6.07) is 5.81. The first-order chi connectivity index (χ1) is 17.1. The number of methoxy groups -OCH3 is 2. The summed E-state index contributed by atoms with van der Waals surface area (Å²) < 4.78 is 18.7. The third kappa shape index (κ3) is 5.31. The molecule has 1 aliphatic heterocycles. The molecule has 0 radical (unpaired) electrons. The summed E-state index contributed by atoms with van der Waals surface area (Å²) in [5.41, 5.74) is 2.11. The number of aryl methyl sites for hydroxylation is 1. The zero-order valence-electron chi connectivity index (χ0n) is 21.8. The highest BCUT2D eigenvalue weighted by Crippen LogP contribution is 2.38. The van der Waals surface area contributed by atoms with Crippen molar-refractivity contribution in [1.29, 1.82) is 0 Å². The van der Waals surface area contributed by atoms with Gasteiger partial charge in [0.2, 0.25) is 0 Å². The van der Waals surface area contributed by atoms with E-state index in [1.807, 2.05) is 45.2 Å². The lowest BCUT2D eigenvalue weighted by molar-refractivity contribution is 0.0138. The summed E-state index contributed by atoms with van der Waals surface area (Å²) >= 11 is 0. The summed E-state index contributed by atoms with van der Waals surface area (Å²) in [6.07, 6.45) is 4.83. The number of hydrogen-bond donors (Lipinski definition) is 0. The van der Waals surface area contributed by atoms with Crippen LogP contribution in [0.2, 0.25) is 0 Å². The normalized spacial score (nSPS) is 14.7. The number of carbonyl (C=O) groups excluding carboxylic acids is 1. The van der Waals surface area contributed by atoms with E-state index < -0.39 is 5.60 Å². The third-order valence-electron chi connectivity index (χ3n) is 6.31. The lowest BCUT2D eigenvalue weighted by Gasteiger charge is -2.36. The van der Waals surface area contributed by atoms with Crippen LogP contribution >= 0.6 is 0 Å². The van der Waals surface area contributed by atoms with E-state index in [1.165, 1.54) is 0 Å². The van der Waals surface area contributed by atoms with Crippen molar-refractivity contribution in [2.75, 3.05) is 40.4 Å². The van der Waals surface area contributed by atoms with Crippen LogP contribution in [0.4, 0.5) is 4.79 Å². The summed E-state index contributed by atoms with van der Waals surface area (Å²) in [4.78, 5) is 33.2. The maximum Gasteiger partial charge on any atom is 0.410 e. The number of pyridine rings is 2. The van der Waals surface area contributed by atoms with Gasteiger partial charge in [-0.05, 0) is 49.9 Å². The number of ether oxygens (including phenoxy) is 3. The minimum atomic E-state index is -0.510. The van der Waals surface area contributed by atoms with Gasteiger partial charge in [-0.3, -0.25) is 14.7 Å². The van der Waals surface area contributed by atoms with Crippen molar-refractivity contribution in [2.24, 2.45) is 7.05 Å². The first-order valence-corrected chi connectivity index (χ1v) is 12.0. The number of rotatable bonds is 5. The van der Waals surface area contributed by atoms with Crippen molar-refractivity contribution < 1.29 is 19.0 Å². The molecule has 1 amide bonds. The standard InChI is InChI=1S/C27H34N4O5/c1-27(2,3)36-26(33)31-11-9-30(10-12-31)17-22-23(34-5)13-18(14-24(22)35-6)21-16-29(4)25(32)20-15-28-8-7-19(20)21/h7-8,13-16H,9-12,17H2,1-6H3. The van der Waals surface area contributed by atoms with Crippen molar-refractivity contribution in [3.05, 3.63) is 52.7 Å². The highest BCUT2D eigenvalue weighted by molar-refractivity contribution is 5.95. The monoisotopic (exact) mass is 494 g/mol. The Morgan fingerprint density at radius 1 is 1.03 bits per heavy atom. The minimum absolute atomic E-state index is 0.0945. The number of carbonyl (C=O) groups is 1. The number of fused-ring (bicyclic) bond motifs is 1. The third-order valence-corrected chi connectivity index (χ3v) is 6.31.